The Morgan fingerprint density at radius 3 is 2.76 bits per heavy atom. The molecule has 8 heteroatoms. The van der Waals surface area contributed by atoms with Gasteiger partial charge in [-0.2, -0.15) is 5.26 Å². The summed E-state index contributed by atoms with van der Waals surface area (Å²) in [4.78, 5) is 26.7. The van der Waals surface area contributed by atoms with Gasteiger partial charge in [-0.25, -0.2) is 9.18 Å². The number of rotatable bonds is 6. The van der Waals surface area contributed by atoms with Crippen LogP contribution in [0, 0.1) is 23.1 Å². The molecule has 0 aliphatic heterocycles. The van der Waals surface area contributed by atoms with Crippen molar-refractivity contribution in [1.29, 1.82) is 5.26 Å². The Labute approximate surface area is 200 Å². The fourth-order valence-electron chi connectivity index (χ4n) is 3.92. The van der Waals surface area contributed by atoms with Crippen LogP contribution in [0.2, 0.25) is 0 Å². The van der Waals surface area contributed by atoms with E-state index in [1.165, 1.54) is 29.5 Å². The molecule has 3 aromatic rings. The van der Waals surface area contributed by atoms with E-state index in [-0.39, 0.29) is 18.0 Å². The molecular weight excluding hydrogens is 455 g/mol. The first-order valence-electron chi connectivity index (χ1n) is 11.0. The second-order valence-corrected chi connectivity index (χ2v) is 9.21. The summed E-state index contributed by atoms with van der Waals surface area (Å²) in [7, 11) is 0. The number of thiophene rings is 1. The van der Waals surface area contributed by atoms with Gasteiger partial charge in [0.05, 0.1) is 12.2 Å². The van der Waals surface area contributed by atoms with Gasteiger partial charge in [0.25, 0.3) is 5.91 Å². The number of benzene rings is 1. The second kappa shape index (κ2) is 10.1. The number of hydrogen-bond acceptors (Lipinski definition) is 6. The molecule has 4 rings (SSSR count). The van der Waals surface area contributed by atoms with Crippen LogP contribution in [-0.4, -0.2) is 18.5 Å². The Kier molecular flexibility index (Phi) is 6.94. The van der Waals surface area contributed by atoms with Gasteiger partial charge >= 0.3 is 5.97 Å². The molecule has 1 aliphatic rings. The maximum atomic E-state index is 13.2. The lowest BCUT2D eigenvalue weighted by Gasteiger charge is -2.18. The molecular formula is C26H23FN2O4S. The van der Waals surface area contributed by atoms with Crippen LogP contribution in [-0.2, 0) is 22.4 Å². The smallest absolute Gasteiger partial charge is 0.341 e. The lowest BCUT2D eigenvalue weighted by atomic mass is 9.88. The number of anilines is 1. The van der Waals surface area contributed by atoms with Crippen LogP contribution < -0.4 is 5.32 Å². The number of amides is 1. The van der Waals surface area contributed by atoms with Crippen LogP contribution in [0.25, 0.3) is 17.4 Å². The number of nitriles is 1. The number of furan rings is 1. The molecule has 174 valence electrons. The number of halogens is 1. The molecule has 0 fully saturated rings. The summed E-state index contributed by atoms with van der Waals surface area (Å²) in [6, 6.07) is 11.0. The van der Waals surface area contributed by atoms with E-state index in [9.17, 15) is 19.2 Å². The lowest BCUT2D eigenvalue weighted by Crippen LogP contribution is -2.17. The zero-order chi connectivity index (χ0) is 24.2. The van der Waals surface area contributed by atoms with Crippen molar-refractivity contribution in [2.75, 3.05) is 11.9 Å². The molecule has 2 heterocycles. The van der Waals surface area contributed by atoms with Gasteiger partial charge in [0.15, 0.2) is 0 Å². The van der Waals surface area contributed by atoms with E-state index in [1.54, 1.807) is 31.2 Å². The average molecular weight is 479 g/mol. The number of hydrogen-bond donors (Lipinski definition) is 1. The molecule has 1 amide bonds. The molecule has 34 heavy (non-hydrogen) atoms. The van der Waals surface area contributed by atoms with Crippen molar-refractivity contribution >= 4 is 34.3 Å². The Morgan fingerprint density at radius 1 is 1.29 bits per heavy atom. The number of fused-ring (bicyclic) bond motifs is 1. The number of esters is 1. The van der Waals surface area contributed by atoms with E-state index >= 15 is 0 Å². The van der Waals surface area contributed by atoms with Crippen LogP contribution in [0.1, 0.15) is 46.8 Å². The number of nitrogens with one attached hydrogen (secondary N) is 1. The molecule has 6 nitrogen and oxygen atoms in total. The minimum absolute atomic E-state index is 0.172. The topological polar surface area (TPSA) is 92.3 Å². The normalized spacial score (nSPS) is 15.4. The summed E-state index contributed by atoms with van der Waals surface area (Å²) >= 11 is 1.36. The van der Waals surface area contributed by atoms with Gasteiger partial charge in [0.2, 0.25) is 0 Å². The fourth-order valence-corrected chi connectivity index (χ4v) is 5.31. The SMILES string of the molecule is CCOC(=O)c1c(NC(=O)C(C#N)=Cc2ccc(-c3ccc(F)cc3)o2)sc2c1CCC(C)C2. The number of carbonyl (C=O) groups excluding carboxylic acids is 2. The third kappa shape index (κ3) is 4.95. The minimum atomic E-state index is -0.639. The largest absolute Gasteiger partial charge is 0.462 e. The van der Waals surface area contributed by atoms with Crippen LogP contribution in [0.4, 0.5) is 9.39 Å². The van der Waals surface area contributed by atoms with E-state index in [0.29, 0.717) is 33.6 Å². The van der Waals surface area contributed by atoms with E-state index in [0.717, 1.165) is 29.7 Å². The van der Waals surface area contributed by atoms with Gasteiger partial charge in [0, 0.05) is 16.5 Å². The molecule has 0 saturated heterocycles. The fraction of sp³-hybridized carbons (Fsp3) is 0.269. The number of ether oxygens (including phenoxy) is 1. The van der Waals surface area contributed by atoms with Gasteiger partial charge in [-0.05, 0) is 74.1 Å². The number of carbonyl (C=O) groups is 2. The van der Waals surface area contributed by atoms with Crippen molar-refractivity contribution in [2.24, 2.45) is 5.92 Å². The molecule has 2 aromatic heterocycles. The first kappa shape index (κ1) is 23.5. The van der Waals surface area contributed by atoms with Gasteiger partial charge in [-0.3, -0.25) is 4.79 Å². The quantitative estimate of drug-likeness (QED) is 0.267. The Morgan fingerprint density at radius 2 is 2.06 bits per heavy atom. The van der Waals surface area contributed by atoms with Crippen LogP contribution >= 0.6 is 11.3 Å². The number of nitrogens with zero attached hydrogens (tertiary/aromatic N) is 1. The van der Waals surface area contributed by atoms with Crippen LogP contribution in [0.15, 0.2) is 46.4 Å². The molecule has 0 spiro atoms. The van der Waals surface area contributed by atoms with Crippen molar-refractivity contribution in [2.45, 2.75) is 33.1 Å². The van der Waals surface area contributed by atoms with Gasteiger partial charge in [-0.15, -0.1) is 11.3 Å². The summed E-state index contributed by atoms with van der Waals surface area (Å²) in [6.07, 6.45) is 3.88. The zero-order valence-electron chi connectivity index (χ0n) is 18.8. The predicted octanol–water partition coefficient (Wildman–Crippen LogP) is 5.99. The van der Waals surface area contributed by atoms with Gasteiger partial charge < -0.3 is 14.5 Å². The minimum Gasteiger partial charge on any atom is -0.462 e. The van der Waals surface area contributed by atoms with Crippen molar-refractivity contribution in [3.8, 4) is 17.4 Å². The first-order valence-corrected chi connectivity index (χ1v) is 11.8. The maximum Gasteiger partial charge on any atom is 0.341 e. The van der Waals surface area contributed by atoms with E-state index < -0.39 is 11.9 Å². The molecule has 0 radical (unpaired) electrons. The Balaban J connectivity index is 1.59. The molecule has 0 saturated carbocycles. The second-order valence-electron chi connectivity index (χ2n) is 8.11. The van der Waals surface area contributed by atoms with Crippen molar-refractivity contribution in [1.82, 2.24) is 0 Å². The standard InChI is InChI=1S/C26H23FN2O4S/c1-3-32-26(31)23-20-10-4-15(2)12-22(20)34-25(23)29-24(30)17(14-28)13-19-9-11-21(33-19)16-5-7-18(27)8-6-16/h5-9,11,13,15H,3-4,10,12H2,1-2H3,(H,29,30). The van der Waals surface area contributed by atoms with Crippen molar-refractivity contribution in [3.63, 3.8) is 0 Å². The Hall–Kier alpha value is -3.70. The highest BCUT2D eigenvalue weighted by Crippen LogP contribution is 2.40. The molecule has 1 aromatic carbocycles. The summed E-state index contributed by atoms with van der Waals surface area (Å²) < 4.78 is 24.1. The van der Waals surface area contributed by atoms with E-state index in [4.69, 9.17) is 9.15 Å². The van der Waals surface area contributed by atoms with Crippen LogP contribution in [0.3, 0.4) is 0 Å². The predicted molar refractivity (Wildman–Crippen MR) is 128 cm³/mol. The summed E-state index contributed by atoms with van der Waals surface area (Å²) in [5.41, 5.74) is 1.81. The summed E-state index contributed by atoms with van der Waals surface area (Å²) in [5.74, 6) is -0.189. The third-order valence-electron chi connectivity index (χ3n) is 5.63. The van der Waals surface area contributed by atoms with Crippen LogP contribution in [0.5, 0.6) is 0 Å². The molecule has 1 N–H and O–H groups in total. The van der Waals surface area contributed by atoms with Crippen molar-refractivity contribution in [3.05, 3.63) is 69.6 Å². The maximum absolute atomic E-state index is 13.2. The highest BCUT2D eigenvalue weighted by molar-refractivity contribution is 7.17. The van der Waals surface area contributed by atoms with Gasteiger partial charge in [0.1, 0.15) is 34.0 Å². The van der Waals surface area contributed by atoms with Gasteiger partial charge in [-0.1, -0.05) is 6.92 Å². The summed E-state index contributed by atoms with van der Waals surface area (Å²) in [6.45, 7) is 4.12. The Bertz CT molecular complexity index is 1300. The molecule has 0 bridgehead atoms. The van der Waals surface area contributed by atoms with Crippen molar-refractivity contribution < 1.29 is 23.1 Å². The molecule has 1 unspecified atom stereocenters. The van der Waals surface area contributed by atoms with E-state index in [2.05, 4.69) is 12.2 Å². The zero-order valence-corrected chi connectivity index (χ0v) is 19.6. The molecule has 1 aliphatic carbocycles. The third-order valence-corrected chi connectivity index (χ3v) is 6.80. The first-order chi connectivity index (χ1) is 16.4. The molecule has 1 atom stereocenters. The average Bonchev–Trinajstić information content (AvgIpc) is 3.42. The summed E-state index contributed by atoms with van der Waals surface area (Å²) in [5, 5.41) is 12.7. The monoisotopic (exact) mass is 478 g/mol. The lowest BCUT2D eigenvalue weighted by molar-refractivity contribution is -0.112. The highest BCUT2D eigenvalue weighted by Gasteiger charge is 2.29. The van der Waals surface area contributed by atoms with E-state index in [1.807, 2.05) is 6.07 Å². The highest BCUT2D eigenvalue weighted by atomic mass is 32.1.